The van der Waals surface area contributed by atoms with Crippen molar-refractivity contribution in [3.8, 4) is 5.69 Å². The third-order valence-corrected chi connectivity index (χ3v) is 5.88. The summed E-state index contributed by atoms with van der Waals surface area (Å²) in [4.78, 5) is 28.2. The Balaban J connectivity index is 1.57. The number of imidazole rings is 1. The second kappa shape index (κ2) is 10.5. The Labute approximate surface area is 198 Å². The van der Waals surface area contributed by atoms with Crippen molar-refractivity contribution in [2.75, 3.05) is 18.4 Å². The molecule has 34 heavy (non-hydrogen) atoms. The van der Waals surface area contributed by atoms with E-state index in [1.165, 1.54) is 18.2 Å². The van der Waals surface area contributed by atoms with Crippen molar-refractivity contribution in [3.63, 3.8) is 0 Å². The van der Waals surface area contributed by atoms with Gasteiger partial charge in [0.15, 0.2) is 0 Å². The summed E-state index contributed by atoms with van der Waals surface area (Å²) >= 11 is 0. The van der Waals surface area contributed by atoms with Crippen LogP contribution in [0.1, 0.15) is 31.1 Å². The van der Waals surface area contributed by atoms with Crippen LogP contribution in [0.4, 0.5) is 10.5 Å². The molecule has 0 aliphatic heterocycles. The molecule has 0 spiro atoms. The van der Waals surface area contributed by atoms with Crippen molar-refractivity contribution in [2.45, 2.75) is 31.3 Å². The first-order chi connectivity index (χ1) is 16.0. The van der Waals surface area contributed by atoms with Crippen LogP contribution >= 0.6 is 0 Å². The van der Waals surface area contributed by atoms with Crippen molar-refractivity contribution < 1.29 is 22.7 Å². The largest absolute Gasteiger partial charge is 0.444 e. The predicted octanol–water partition coefficient (Wildman–Crippen LogP) is 2.93. The van der Waals surface area contributed by atoms with Gasteiger partial charge in [0.1, 0.15) is 5.60 Å². The highest BCUT2D eigenvalue weighted by Crippen LogP contribution is 2.17. The van der Waals surface area contributed by atoms with Crippen LogP contribution in [-0.4, -0.2) is 48.7 Å². The zero-order valence-electron chi connectivity index (χ0n) is 19.1. The van der Waals surface area contributed by atoms with E-state index in [0.717, 1.165) is 5.69 Å². The number of benzene rings is 2. The molecule has 3 aromatic rings. The molecule has 0 atom stereocenters. The number of hydrogen-bond donors (Lipinski definition) is 3. The molecule has 10 nitrogen and oxygen atoms in total. The van der Waals surface area contributed by atoms with Crippen molar-refractivity contribution in [3.05, 3.63) is 72.8 Å². The van der Waals surface area contributed by atoms with Gasteiger partial charge in [0, 0.05) is 42.4 Å². The summed E-state index contributed by atoms with van der Waals surface area (Å²) in [5.74, 6) is -0.374. The molecule has 0 aliphatic rings. The lowest BCUT2D eigenvalue weighted by molar-refractivity contribution is 0.0528. The first-order valence-electron chi connectivity index (χ1n) is 10.5. The number of carbonyl (C=O) groups excluding carboxylic acids is 2. The average molecular weight is 486 g/mol. The SMILES string of the molecule is CC(C)(C)OC(=O)NCCNS(=O)(=O)c1cccc(NC(=O)c2ccc(-n3ccnc3)cc2)c1. The van der Waals surface area contributed by atoms with Crippen molar-refractivity contribution in [1.82, 2.24) is 19.6 Å². The van der Waals surface area contributed by atoms with Crippen LogP contribution in [-0.2, 0) is 14.8 Å². The minimum absolute atomic E-state index is 0.0157. The molecule has 0 fully saturated rings. The molecule has 0 saturated carbocycles. The van der Waals surface area contributed by atoms with Gasteiger partial charge in [-0.15, -0.1) is 0 Å². The molecule has 2 amide bonds. The third kappa shape index (κ3) is 7.15. The summed E-state index contributed by atoms with van der Waals surface area (Å²) in [5, 5.41) is 5.19. The average Bonchev–Trinajstić information content (AvgIpc) is 3.31. The van der Waals surface area contributed by atoms with Gasteiger partial charge in [-0.1, -0.05) is 6.07 Å². The number of hydrogen-bond acceptors (Lipinski definition) is 6. The van der Waals surface area contributed by atoms with Crippen LogP contribution < -0.4 is 15.4 Å². The minimum Gasteiger partial charge on any atom is -0.444 e. The Morgan fingerprint density at radius 1 is 1.06 bits per heavy atom. The molecule has 0 unspecified atom stereocenters. The van der Waals surface area contributed by atoms with Gasteiger partial charge in [-0.3, -0.25) is 4.79 Å². The van der Waals surface area contributed by atoms with Crippen LogP contribution in [0.3, 0.4) is 0 Å². The fraction of sp³-hybridized carbons (Fsp3) is 0.261. The molecule has 0 aliphatic carbocycles. The number of rotatable bonds is 8. The van der Waals surface area contributed by atoms with Crippen LogP contribution in [0, 0.1) is 0 Å². The Morgan fingerprint density at radius 3 is 2.44 bits per heavy atom. The first kappa shape index (κ1) is 24.9. The second-order valence-corrected chi connectivity index (χ2v) is 10.1. The summed E-state index contributed by atoms with van der Waals surface area (Å²) in [5.41, 5.74) is 0.965. The summed E-state index contributed by atoms with van der Waals surface area (Å²) in [6.45, 7) is 5.23. The first-order valence-corrected chi connectivity index (χ1v) is 12.0. The highest BCUT2D eigenvalue weighted by atomic mass is 32.2. The lowest BCUT2D eigenvalue weighted by Gasteiger charge is -2.19. The van der Waals surface area contributed by atoms with Crippen molar-refractivity contribution >= 4 is 27.7 Å². The fourth-order valence-corrected chi connectivity index (χ4v) is 3.97. The van der Waals surface area contributed by atoms with E-state index in [1.54, 1.807) is 69.8 Å². The molecule has 11 heteroatoms. The second-order valence-electron chi connectivity index (χ2n) is 8.33. The van der Waals surface area contributed by atoms with Crippen LogP contribution in [0.15, 0.2) is 72.1 Å². The van der Waals surface area contributed by atoms with Gasteiger partial charge >= 0.3 is 6.09 Å². The normalized spacial score (nSPS) is 11.6. The maximum Gasteiger partial charge on any atom is 0.407 e. The van der Waals surface area contributed by atoms with Gasteiger partial charge in [0.2, 0.25) is 10.0 Å². The van der Waals surface area contributed by atoms with Crippen LogP contribution in [0.25, 0.3) is 5.69 Å². The van der Waals surface area contributed by atoms with Crippen molar-refractivity contribution in [2.24, 2.45) is 0 Å². The lowest BCUT2D eigenvalue weighted by atomic mass is 10.2. The molecular weight excluding hydrogens is 458 g/mol. The fourth-order valence-electron chi connectivity index (χ4n) is 2.89. The van der Waals surface area contributed by atoms with Gasteiger partial charge in [-0.2, -0.15) is 0 Å². The number of alkyl carbamates (subject to hydrolysis) is 1. The molecule has 3 N–H and O–H groups in total. The van der Waals surface area contributed by atoms with E-state index in [-0.39, 0.29) is 23.9 Å². The van der Waals surface area contributed by atoms with Crippen LogP contribution in [0.2, 0.25) is 0 Å². The van der Waals surface area contributed by atoms with E-state index < -0.39 is 21.7 Å². The van der Waals surface area contributed by atoms with E-state index in [0.29, 0.717) is 11.3 Å². The van der Waals surface area contributed by atoms with Crippen LogP contribution in [0.5, 0.6) is 0 Å². The number of sulfonamides is 1. The number of nitrogens with zero attached hydrogens (tertiary/aromatic N) is 2. The van der Waals surface area contributed by atoms with Gasteiger partial charge in [-0.05, 0) is 63.2 Å². The number of amides is 2. The van der Waals surface area contributed by atoms with E-state index in [2.05, 4.69) is 20.3 Å². The zero-order chi connectivity index (χ0) is 24.8. The summed E-state index contributed by atoms with van der Waals surface area (Å²) in [7, 11) is -3.85. The highest BCUT2D eigenvalue weighted by Gasteiger charge is 2.17. The molecule has 3 rings (SSSR count). The topological polar surface area (TPSA) is 131 Å². The number of carbonyl (C=O) groups is 2. The molecule has 180 valence electrons. The third-order valence-electron chi connectivity index (χ3n) is 4.42. The zero-order valence-corrected chi connectivity index (χ0v) is 19.9. The molecule has 1 heterocycles. The predicted molar refractivity (Wildman–Crippen MR) is 127 cm³/mol. The molecule has 0 radical (unpaired) electrons. The lowest BCUT2D eigenvalue weighted by Crippen LogP contribution is -2.37. The highest BCUT2D eigenvalue weighted by molar-refractivity contribution is 7.89. The molecule has 2 aromatic carbocycles. The van der Waals surface area contributed by atoms with Crippen molar-refractivity contribution in [1.29, 1.82) is 0 Å². The Morgan fingerprint density at radius 2 is 1.79 bits per heavy atom. The van der Waals surface area contributed by atoms with Gasteiger partial charge in [-0.25, -0.2) is 22.9 Å². The maximum atomic E-state index is 12.6. The molecular formula is C23H27N5O5S. The Hall–Kier alpha value is -3.70. The summed E-state index contributed by atoms with van der Waals surface area (Å²) in [6, 6.07) is 12.8. The van der Waals surface area contributed by atoms with E-state index in [1.807, 2.05) is 4.57 Å². The quantitative estimate of drug-likeness (QED) is 0.421. The number of nitrogens with one attached hydrogen (secondary N) is 3. The Kier molecular flexibility index (Phi) is 7.69. The molecule has 1 aromatic heterocycles. The summed E-state index contributed by atoms with van der Waals surface area (Å²) in [6.07, 6.45) is 4.48. The number of anilines is 1. The van der Waals surface area contributed by atoms with E-state index >= 15 is 0 Å². The molecule has 0 saturated heterocycles. The smallest absolute Gasteiger partial charge is 0.407 e. The van der Waals surface area contributed by atoms with E-state index in [9.17, 15) is 18.0 Å². The maximum absolute atomic E-state index is 12.6. The summed E-state index contributed by atoms with van der Waals surface area (Å²) < 4.78 is 34.5. The van der Waals surface area contributed by atoms with Gasteiger partial charge in [0.25, 0.3) is 5.91 Å². The van der Waals surface area contributed by atoms with E-state index in [4.69, 9.17) is 4.74 Å². The number of ether oxygens (including phenoxy) is 1. The molecule has 0 bridgehead atoms. The standard InChI is InChI=1S/C23H27N5O5S/c1-23(2,3)33-22(30)25-11-12-26-34(31,32)20-6-4-5-18(15-20)27-21(29)17-7-9-19(10-8-17)28-14-13-24-16-28/h4-10,13-16,26H,11-12H2,1-3H3,(H,25,30)(H,27,29). The van der Waals surface area contributed by atoms with Gasteiger partial charge < -0.3 is 19.9 Å². The minimum atomic E-state index is -3.85. The van der Waals surface area contributed by atoms with Gasteiger partial charge in [0.05, 0.1) is 11.2 Å². The Bertz CT molecular complexity index is 1230. The monoisotopic (exact) mass is 485 g/mol. The number of aromatic nitrogens is 2.